The Balaban J connectivity index is 0.968. The summed E-state index contributed by atoms with van der Waals surface area (Å²) >= 11 is 0. The lowest BCUT2D eigenvalue weighted by Crippen LogP contribution is -2.28. The van der Waals surface area contributed by atoms with Crippen molar-refractivity contribution >= 4 is 78.0 Å². The minimum atomic E-state index is -0.587. The lowest BCUT2D eigenvalue weighted by Gasteiger charge is -2.35. The molecule has 0 unspecified atom stereocenters. The van der Waals surface area contributed by atoms with Crippen molar-refractivity contribution in [3.8, 4) is 22.3 Å². The van der Waals surface area contributed by atoms with Crippen molar-refractivity contribution in [3.05, 3.63) is 288 Å². The number of furan rings is 2. The SMILES string of the molecule is CC1(C)c2ccccc2-c2ccc(N(c3cccc(N(c4cccc(C5(c6ccccc6)c6ccccc6-c6ccccc65)c4)c4cccc5c4oc4ccccc45)c3)c3ccc4c(c3)oc3ccccc34)cc21. The summed E-state index contributed by atoms with van der Waals surface area (Å²) in [5.74, 6) is 0. The third-order valence-electron chi connectivity index (χ3n) is 16.1. The molecule has 2 aliphatic carbocycles. The second-order valence-corrected chi connectivity index (χ2v) is 20.4. The summed E-state index contributed by atoms with van der Waals surface area (Å²) < 4.78 is 13.5. The van der Waals surface area contributed by atoms with Crippen LogP contribution in [-0.4, -0.2) is 0 Å². The van der Waals surface area contributed by atoms with E-state index in [1.165, 1.54) is 55.6 Å². The van der Waals surface area contributed by atoms with Gasteiger partial charge in [-0.2, -0.15) is 0 Å². The zero-order valence-electron chi connectivity index (χ0n) is 41.0. The molecule has 0 N–H and O–H groups in total. The van der Waals surface area contributed by atoms with Crippen LogP contribution in [0, 0.1) is 0 Å². The molecule has 4 heteroatoms. The quantitative estimate of drug-likeness (QED) is 0.152. The summed E-state index contributed by atoms with van der Waals surface area (Å²) in [5, 5.41) is 4.35. The Morgan fingerprint density at radius 1 is 0.297 bits per heavy atom. The number of hydrogen-bond acceptors (Lipinski definition) is 4. The van der Waals surface area contributed by atoms with Crippen LogP contribution in [0.4, 0.5) is 34.1 Å². The molecule has 0 fully saturated rings. The fourth-order valence-electron chi connectivity index (χ4n) is 12.8. The van der Waals surface area contributed by atoms with Gasteiger partial charge in [0, 0.05) is 61.5 Å². The van der Waals surface area contributed by atoms with Crippen LogP contribution in [0.25, 0.3) is 66.1 Å². The van der Waals surface area contributed by atoms with Gasteiger partial charge >= 0.3 is 0 Å². The lowest BCUT2D eigenvalue weighted by molar-refractivity contribution is 0.660. The van der Waals surface area contributed by atoms with Crippen LogP contribution in [0.3, 0.4) is 0 Å². The second-order valence-electron chi connectivity index (χ2n) is 20.4. The van der Waals surface area contributed by atoms with Gasteiger partial charge in [-0.1, -0.05) is 190 Å². The van der Waals surface area contributed by atoms with Crippen LogP contribution in [0.5, 0.6) is 0 Å². The second kappa shape index (κ2) is 16.1. The highest BCUT2D eigenvalue weighted by atomic mass is 16.3. The highest BCUT2D eigenvalue weighted by Crippen LogP contribution is 2.57. The van der Waals surface area contributed by atoms with Gasteiger partial charge in [0.2, 0.25) is 0 Å². The van der Waals surface area contributed by atoms with Crippen molar-refractivity contribution in [1.82, 2.24) is 0 Å². The summed E-state index contributed by atoms with van der Waals surface area (Å²) in [5.41, 5.74) is 21.3. The molecule has 2 aliphatic rings. The van der Waals surface area contributed by atoms with Crippen molar-refractivity contribution < 1.29 is 8.83 Å². The van der Waals surface area contributed by atoms with Crippen LogP contribution >= 0.6 is 0 Å². The van der Waals surface area contributed by atoms with Gasteiger partial charge in [0.25, 0.3) is 0 Å². The van der Waals surface area contributed by atoms with E-state index in [0.29, 0.717) is 0 Å². The van der Waals surface area contributed by atoms with Crippen molar-refractivity contribution in [2.45, 2.75) is 24.7 Å². The molecule has 2 heterocycles. The number of para-hydroxylation sites is 3. The molecule has 0 spiro atoms. The molecule has 74 heavy (non-hydrogen) atoms. The highest BCUT2D eigenvalue weighted by Gasteiger charge is 2.46. The van der Waals surface area contributed by atoms with Crippen LogP contribution < -0.4 is 9.80 Å². The predicted molar refractivity (Wildman–Crippen MR) is 305 cm³/mol. The highest BCUT2D eigenvalue weighted by molar-refractivity contribution is 6.11. The van der Waals surface area contributed by atoms with Gasteiger partial charge in [-0.3, -0.25) is 0 Å². The summed E-state index contributed by atoms with van der Waals surface area (Å²) in [7, 11) is 0. The van der Waals surface area contributed by atoms with Gasteiger partial charge in [-0.05, 0) is 128 Å². The Hall–Kier alpha value is -9.38. The van der Waals surface area contributed by atoms with Crippen molar-refractivity contribution in [2.75, 3.05) is 9.80 Å². The molecule has 0 saturated heterocycles. The van der Waals surface area contributed by atoms with Crippen LogP contribution in [0.1, 0.15) is 47.2 Å². The first-order valence-corrected chi connectivity index (χ1v) is 25.6. The molecule has 350 valence electrons. The lowest BCUT2D eigenvalue weighted by atomic mass is 9.67. The molecular formula is C70H48N2O2. The number of anilines is 6. The summed E-state index contributed by atoms with van der Waals surface area (Å²) in [6, 6.07) is 92.8. The minimum absolute atomic E-state index is 0.192. The first-order chi connectivity index (χ1) is 36.4. The van der Waals surface area contributed by atoms with Gasteiger partial charge in [0.05, 0.1) is 11.1 Å². The zero-order valence-corrected chi connectivity index (χ0v) is 41.0. The zero-order chi connectivity index (χ0) is 49.1. The summed E-state index contributed by atoms with van der Waals surface area (Å²) in [6.45, 7) is 4.70. The molecule has 15 rings (SSSR count). The van der Waals surface area contributed by atoms with Crippen LogP contribution in [0.15, 0.2) is 264 Å². The van der Waals surface area contributed by atoms with E-state index in [0.717, 1.165) is 78.0 Å². The molecule has 0 atom stereocenters. The predicted octanol–water partition coefficient (Wildman–Crippen LogP) is 19.1. The molecule has 0 saturated carbocycles. The molecule has 0 aliphatic heterocycles. The average molecular weight is 949 g/mol. The number of nitrogens with zero attached hydrogens (tertiary/aromatic N) is 2. The fraction of sp³-hybridized carbons (Fsp3) is 0.0571. The third kappa shape index (κ3) is 6.09. The molecule has 11 aromatic carbocycles. The smallest absolute Gasteiger partial charge is 0.159 e. The Kier molecular flexibility index (Phi) is 9.19. The van der Waals surface area contributed by atoms with Crippen LogP contribution in [0.2, 0.25) is 0 Å². The van der Waals surface area contributed by atoms with Crippen LogP contribution in [-0.2, 0) is 10.8 Å². The van der Waals surface area contributed by atoms with Crippen molar-refractivity contribution in [3.63, 3.8) is 0 Å². The molecular weight excluding hydrogens is 901 g/mol. The Bertz CT molecular complexity index is 4340. The molecule has 2 aromatic heterocycles. The van der Waals surface area contributed by atoms with Gasteiger partial charge in [0.15, 0.2) is 5.58 Å². The van der Waals surface area contributed by atoms with Gasteiger partial charge < -0.3 is 18.6 Å². The van der Waals surface area contributed by atoms with E-state index in [4.69, 9.17) is 8.83 Å². The largest absolute Gasteiger partial charge is 0.456 e. The van der Waals surface area contributed by atoms with Crippen molar-refractivity contribution in [1.29, 1.82) is 0 Å². The average Bonchev–Trinajstić information content (AvgIpc) is 4.20. The first-order valence-electron chi connectivity index (χ1n) is 25.6. The Morgan fingerprint density at radius 2 is 0.784 bits per heavy atom. The van der Waals surface area contributed by atoms with E-state index in [9.17, 15) is 0 Å². The van der Waals surface area contributed by atoms with E-state index in [1.54, 1.807) is 0 Å². The van der Waals surface area contributed by atoms with E-state index in [-0.39, 0.29) is 5.41 Å². The van der Waals surface area contributed by atoms with Gasteiger partial charge in [-0.15, -0.1) is 0 Å². The van der Waals surface area contributed by atoms with E-state index in [2.05, 4.69) is 266 Å². The normalized spacial score (nSPS) is 13.8. The Labute approximate surface area is 429 Å². The first kappa shape index (κ1) is 42.3. The minimum Gasteiger partial charge on any atom is -0.456 e. The molecule has 13 aromatic rings. The van der Waals surface area contributed by atoms with Gasteiger partial charge in [0.1, 0.15) is 16.7 Å². The fourth-order valence-corrected chi connectivity index (χ4v) is 12.8. The topological polar surface area (TPSA) is 32.8 Å². The van der Waals surface area contributed by atoms with E-state index in [1.807, 2.05) is 12.1 Å². The van der Waals surface area contributed by atoms with E-state index >= 15 is 0 Å². The van der Waals surface area contributed by atoms with Crippen molar-refractivity contribution in [2.24, 2.45) is 0 Å². The number of fused-ring (bicyclic) bond motifs is 12. The van der Waals surface area contributed by atoms with Gasteiger partial charge in [-0.25, -0.2) is 0 Å². The van der Waals surface area contributed by atoms with E-state index < -0.39 is 5.41 Å². The number of rotatable bonds is 8. The molecule has 4 nitrogen and oxygen atoms in total. The number of benzene rings is 11. The molecule has 0 bridgehead atoms. The maximum absolute atomic E-state index is 6.93. The number of hydrogen-bond donors (Lipinski definition) is 0. The monoisotopic (exact) mass is 948 g/mol. The summed E-state index contributed by atoms with van der Waals surface area (Å²) in [4.78, 5) is 4.79. The molecule has 0 radical (unpaired) electrons. The standard InChI is InChI=1S/C70H48N2O2/c1-69(2)60-31-11-6-25-52(60)55-39-37-50(43-63(55)69)71(51-38-40-58-56-28-9-14-35-65(56)73-67(58)44-51)48-23-17-24-49(42-48)72(64-34-18-30-59-57-29-10-15-36-66(57)74-68(59)64)47-22-16-21-46(41-47)70(45-19-4-3-5-20-45)61-32-12-7-26-53(61)54-27-8-13-33-62(54)70/h3-44H,1-2H3. The Morgan fingerprint density at radius 3 is 1.53 bits per heavy atom. The third-order valence-corrected chi connectivity index (χ3v) is 16.1. The summed E-state index contributed by atoms with van der Waals surface area (Å²) in [6.07, 6.45) is 0. The maximum Gasteiger partial charge on any atom is 0.159 e. The molecule has 0 amide bonds. The maximum atomic E-state index is 6.93.